The predicted octanol–water partition coefficient (Wildman–Crippen LogP) is 3.28. The predicted molar refractivity (Wildman–Crippen MR) is 102 cm³/mol. The molecule has 2 rings (SSSR count). The molecule has 2 atom stereocenters. The Morgan fingerprint density at radius 1 is 1.44 bits per heavy atom. The average Bonchev–Trinajstić information content (AvgIpc) is 2.64. The van der Waals surface area contributed by atoms with E-state index in [1.807, 2.05) is 0 Å². The van der Waals surface area contributed by atoms with E-state index in [4.69, 9.17) is 11.2 Å². The summed E-state index contributed by atoms with van der Waals surface area (Å²) in [6.45, 7) is -2.72. The summed E-state index contributed by atoms with van der Waals surface area (Å²) in [4.78, 5) is 11.3. The highest BCUT2D eigenvalue weighted by Gasteiger charge is 2.16. The number of halogens is 1. The number of aliphatic hydroxyl groups excluding tert-OH is 1. The van der Waals surface area contributed by atoms with Gasteiger partial charge in [0.1, 0.15) is 5.75 Å². The number of hydrogen-bond donors (Lipinski definition) is 4. The normalized spacial score (nSPS) is 21.6. The molecule has 0 heterocycles. The molecular weight excluding hydrogens is 340 g/mol. The van der Waals surface area contributed by atoms with Crippen LogP contribution in [0.1, 0.15) is 79.3 Å². The molecule has 1 aromatic rings. The topological polar surface area (TPSA) is 95.6 Å². The number of aromatic hydroxyl groups is 1. The van der Waals surface area contributed by atoms with Gasteiger partial charge in [0.25, 0.3) is 5.91 Å². The van der Waals surface area contributed by atoms with Crippen LogP contribution >= 0.6 is 12.4 Å². The lowest BCUT2D eigenvalue weighted by Crippen LogP contribution is -2.31. The molecule has 0 aliphatic heterocycles. The summed E-state index contributed by atoms with van der Waals surface area (Å²) in [7, 11) is 0. The maximum atomic E-state index is 11.3. The Balaban J connectivity index is 0.00000420. The molecule has 2 unspecified atom stereocenters. The summed E-state index contributed by atoms with van der Waals surface area (Å²) in [5.41, 5.74) is 5.38. The summed E-state index contributed by atoms with van der Waals surface area (Å²) in [6, 6.07) is 2.08. The van der Waals surface area contributed by atoms with Crippen LogP contribution in [0, 0.1) is 5.92 Å². The second kappa shape index (κ2) is 10.6. The number of amides is 1. The Bertz CT molecular complexity index is 684. The number of hydrogen-bond acceptors (Lipinski definition) is 4. The Labute approximate surface area is 162 Å². The van der Waals surface area contributed by atoms with Crippen molar-refractivity contribution >= 4 is 18.3 Å². The number of carbonyl (C=O) groups is 1. The minimum absolute atomic E-state index is 0. The van der Waals surface area contributed by atoms with E-state index in [2.05, 4.69) is 5.32 Å². The highest BCUT2D eigenvalue weighted by Crippen LogP contribution is 2.28. The second-order valence-corrected chi connectivity index (χ2v) is 6.56. The Morgan fingerprint density at radius 2 is 2.16 bits per heavy atom. The van der Waals surface area contributed by atoms with Gasteiger partial charge < -0.3 is 21.3 Å². The fourth-order valence-electron chi connectivity index (χ4n) is 3.21. The van der Waals surface area contributed by atoms with E-state index in [0.717, 1.165) is 25.7 Å². The molecule has 6 heteroatoms. The zero-order valence-corrected chi connectivity index (χ0v) is 15.1. The van der Waals surface area contributed by atoms with Crippen molar-refractivity contribution in [2.45, 2.75) is 63.9 Å². The molecule has 1 amide bonds. The van der Waals surface area contributed by atoms with Gasteiger partial charge in [0.2, 0.25) is 0 Å². The summed E-state index contributed by atoms with van der Waals surface area (Å²) < 4.78 is 31.8. The van der Waals surface area contributed by atoms with Crippen LogP contribution in [0.2, 0.25) is 0 Å². The van der Waals surface area contributed by atoms with Crippen molar-refractivity contribution < 1.29 is 20.5 Å². The van der Waals surface area contributed by atoms with Crippen LogP contribution in [0.4, 0.5) is 0 Å². The number of rotatable bonds is 8. The fraction of sp³-hybridized carbons (Fsp3) is 0.632. The number of phenols is 1. The van der Waals surface area contributed by atoms with Crippen LogP contribution in [0.15, 0.2) is 18.2 Å². The minimum atomic E-state index is -2.55. The average molecular weight is 375 g/mol. The van der Waals surface area contributed by atoms with Crippen molar-refractivity contribution in [1.82, 2.24) is 5.32 Å². The number of benzene rings is 1. The number of nitrogens with one attached hydrogen (secondary N) is 1. The van der Waals surface area contributed by atoms with Crippen molar-refractivity contribution in [3.63, 3.8) is 0 Å². The first-order chi connectivity index (χ1) is 13.0. The van der Waals surface area contributed by atoms with Gasteiger partial charge in [0.05, 0.1) is 11.7 Å². The van der Waals surface area contributed by atoms with Gasteiger partial charge in [-0.1, -0.05) is 38.2 Å². The van der Waals surface area contributed by atoms with E-state index in [1.165, 1.54) is 24.6 Å². The van der Waals surface area contributed by atoms with Gasteiger partial charge in [-0.2, -0.15) is 0 Å². The van der Waals surface area contributed by atoms with E-state index in [-0.39, 0.29) is 36.7 Å². The lowest BCUT2D eigenvalue weighted by atomic mass is 9.85. The highest BCUT2D eigenvalue weighted by atomic mass is 35.5. The summed E-state index contributed by atoms with van der Waals surface area (Å²) in [5, 5.41) is 22.8. The molecule has 0 spiro atoms. The number of carbonyl (C=O) groups excluding carboxylic acids is 1. The first-order valence-electron chi connectivity index (χ1n) is 10.6. The third-order valence-electron chi connectivity index (χ3n) is 4.71. The van der Waals surface area contributed by atoms with Gasteiger partial charge >= 0.3 is 0 Å². The minimum Gasteiger partial charge on any atom is -0.507 e. The molecule has 0 radical (unpaired) electrons. The molecule has 1 aliphatic carbocycles. The van der Waals surface area contributed by atoms with E-state index >= 15 is 0 Å². The molecule has 1 fully saturated rings. The van der Waals surface area contributed by atoms with E-state index in [9.17, 15) is 15.0 Å². The molecule has 0 saturated heterocycles. The molecule has 1 aliphatic rings. The molecule has 5 N–H and O–H groups in total. The monoisotopic (exact) mass is 374 g/mol. The molecule has 142 valence electrons. The van der Waals surface area contributed by atoms with Crippen molar-refractivity contribution in [3.05, 3.63) is 29.3 Å². The zero-order valence-electron chi connectivity index (χ0n) is 18.3. The molecule has 0 bridgehead atoms. The number of nitrogens with two attached hydrogens (primary N) is 1. The maximum Gasteiger partial charge on any atom is 0.252 e. The molecule has 0 aromatic heterocycles. The van der Waals surface area contributed by atoms with Crippen LogP contribution in [0.3, 0.4) is 0 Å². The third-order valence-corrected chi connectivity index (χ3v) is 4.71. The van der Waals surface area contributed by atoms with Crippen molar-refractivity contribution in [2.75, 3.05) is 6.54 Å². The van der Waals surface area contributed by atoms with Crippen LogP contribution < -0.4 is 11.1 Å². The quantitative estimate of drug-likeness (QED) is 0.561. The number of primary amides is 1. The largest absolute Gasteiger partial charge is 0.507 e. The molecular formula is C19H31ClN2O3. The second-order valence-electron chi connectivity index (χ2n) is 6.56. The molecule has 1 saturated carbocycles. The zero-order chi connectivity index (χ0) is 20.9. The SMILES string of the molecule is Cl.[2H]C([2H])([2H])C([2H])(CCC1CCCCC1)NCC(O)c1ccc(O)c(C(N)=O)c1. The Kier molecular flexibility index (Phi) is 6.77. The highest BCUT2D eigenvalue weighted by molar-refractivity contribution is 5.95. The van der Waals surface area contributed by atoms with E-state index < -0.39 is 24.9 Å². The lowest BCUT2D eigenvalue weighted by Gasteiger charge is -2.24. The standard InChI is InChI=1S/C19H30N2O3.ClH/c1-13(7-8-14-5-3-2-4-6-14)21-12-18(23)15-9-10-17(22)16(11-15)19(20)24;/h9-11,13-14,18,21-23H,2-8,12H2,1H3,(H2,20,24);1H/i1D3,13D;. The lowest BCUT2D eigenvalue weighted by molar-refractivity contribution is 0.0997. The van der Waals surface area contributed by atoms with Gasteiger partial charge in [-0.3, -0.25) is 4.79 Å². The number of aliphatic hydroxyl groups is 1. The molecule has 25 heavy (non-hydrogen) atoms. The van der Waals surface area contributed by atoms with Gasteiger partial charge in [0.15, 0.2) is 0 Å². The first kappa shape index (κ1) is 15.9. The van der Waals surface area contributed by atoms with Crippen LogP contribution in [-0.4, -0.2) is 28.7 Å². The van der Waals surface area contributed by atoms with Crippen molar-refractivity contribution in [1.29, 1.82) is 0 Å². The van der Waals surface area contributed by atoms with Crippen LogP contribution in [0.5, 0.6) is 5.75 Å². The van der Waals surface area contributed by atoms with E-state index in [0.29, 0.717) is 17.9 Å². The van der Waals surface area contributed by atoms with Crippen LogP contribution in [0.25, 0.3) is 0 Å². The van der Waals surface area contributed by atoms with Gasteiger partial charge in [0, 0.05) is 18.0 Å². The maximum absolute atomic E-state index is 11.3. The Morgan fingerprint density at radius 3 is 2.80 bits per heavy atom. The summed E-state index contributed by atoms with van der Waals surface area (Å²) in [6.07, 6.45) is 5.34. The smallest absolute Gasteiger partial charge is 0.252 e. The fourth-order valence-corrected chi connectivity index (χ4v) is 3.21. The van der Waals surface area contributed by atoms with Crippen molar-refractivity contribution in [3.8, 4) is 5.75 Å². The Hall–Kier alpha value is -1.30. The first-order valence-corrected chi connectivity index (χ1v) is 8.59. The van der Waals surface area contributed by atoms with Crippen LogP contribution in [-0.2, 0) is 0 Å². The third kappa shape index (κ3) is 6.84. The summed E-state index contributed by atoms with van der Waals surface area (Å²) in [5.74, 6) is -0.673. The van der Waals surface area contributed by atoms with Gasteiger partial charge in [-0.15, -0.1) is 12.4 Å². The van der Waals surface area contributed by atoms with Crippen molar-refractivity contribution in [2.24, 2.45) is 11.7 Å². The van der Waals surface area contributed by atoms with Gasteiger partial charge in [-0.25, -0.2) is 0 Å². The molecule has 5 nitrogen and oxygen atoms in total. The van der Waals surface area contributed by atoms with E-state index in [1.54, 1.807) is 0 Å². The molecule has 1 aromatic carbocycles. The van der Waals surface area contributed by atoms with Gasteiger partial charge in [-0.05, 0) is 43.3 Å². The summed E-state index contributed by atoms with van der Waals surface area (Å²) >= 11 is 0.